The summed E-state index contributed by atoms with van der Waals surface area (Å²) in [5.74, 6) is 0. The molecular formula is C8H17NO5. The summed E-state index contributed by atoms with van der Waals surface area (Å²) in [5.41, 5.74) is 0. The first-order valence-electron chi connectivity index (χ1n) is 4.63. The van der Waals surface area contributed by atoms with Gasteiger partial charge in [-0.15, -0.1) is 0 Å². The van der Waals surface area contributed by atoms with E-state index in [1.54, 1.807) is 13.8 Å². The minimum absolute atomic E-state index is 0.0746. The Kier molecular flexibility index (Phi) is 7.27. The van der Waals surface area contributed by atoms with Crippen LogP contribution in [0.2, 0.25) is 0 Å². The van der Waals surface area contributed by atoms with Gasteiger partial charge in [-0.3, -0.25) is 10.1 Å². The SMILES string of the molecule is CCOC(CC(CO)[N+](=O)[O-])OCC. The molecule has 14 heavy (non-hydrogen) atoms. The van der Waals surface area contributed by atoms with E-state index < -0.39 is 23.9 Å². The van der Waals surface area contributed by atoms with Gasteiger partial charge in [0.2, 0.25) is 6.04 Å². The first kappa shape index (κ1) is 13.3. The minimum Gasteiger partial charge on any atom is -0.389 e. The van der Waals surface area contributed by atoms with E-state index in [-0.39, 0.29) is 6.42 Å². The van der Waals surface area contributed by atoms with Gasteiger partial charge in [0.1, 0.15) is 6.61 Å². The van der Waals surface area contributed by atoms with E-state index in [0.29, 0.717) is 13.2 Å². The molecule has 0 aliphatic heterocycles. The van der Waals surface area contributed by atoms with Crippen molar-refractivity contribution >= 4 is 0 Å². The monoisotopic (exact) mass is 207 g/mol. The van der Waals surface area contributed by atoms with Gasteiger partial charge >= 0.3 is 0 Å². The molecule has 0 aromatic rings. The Hall–Kier alpha value is -0.720. The second-order valence-electron chi connectivity index (χ2n) is 2.70. The van der Waals surface area contributed by atoms with Gasteiger partial charge in [-0.25, -0.2) is 0 Å². The van der Waals surface area contributed by atoms with Crippen molar-refractivity contribution in [1.29, 1.82) is 0 Å². The molecule has 6 nitrogen and oxygen atoms in total. The normalized spacial score (nSPS) is 13.1. The quantitative estimate of drug-likeness (QED) is 0.354. The Morgan fingerprint density at radius 1 is 1.36 bits per heavy atom. The van der Waals surface area contributed by atoms with Crippen molar-refractivity contribution in [1.82, 2.24) is 0 Å². The van der Waals surface area contributed by atoms with Crippen molar-refractivity contribution in [3.05, 3.63) is 10.1 Å². The summed E-state index contributed by atoms with van der Waals surface area (Å²) >= 11 is 0. The number of ether oxygens (including phenoxy) is 2. The highest BCUT2D eigenvalue weighted by atomic mass is 16.7. The van der Waals surface area contributed by atoms with Crippen LogP contribution >= 0.6 is 0 Å². The van der Waals surface area contributed by atoms with Gasteiger partial charge in [0, 0.05) is 18.1 Å². The number of aliphatic hydroxyl groups is 1. The lowest BCUT2D eigenvalue weighted by molar-refractivity contribution is -0.530. The fourth-order valence-corrected chi connectivity index (χ4v) is 1.01. The Bertz CT molecular complexity index is 158. The summed E-state index contributed by atoms with van der Waals surface area (Å²) in [6.07, 6.45) is -0.530. The van der Waals surface area contributed by atoms with E-state index >= 15 is 0 Å². The Balaban J connectivity index is 4.03. The molecule has 0 heterocycles. The number of hydrogen-bond donors (Lipinski definition) is 1. The van der Waals surface area contributed by atoms with Gasteiger partial charge in [-0.2, -0.15) is 0 Å². The third-order valence-corrected chi connectivity index (χ3v) is 1.68. The summed E-state index contributed by atoms with van der Waals surface area (Å²) in [6.45, 7) is 3.93. The number of rotatable bonds is 8. The lowest BCUT2D eigenvalue weighted by atomic mass is 10.2. The van der Waals surface area contributed by atoms with Crippen LogP contribution in [0.3, 0.4) is 0 Å². The Morgan fingerprint density at radius 2 is 1.86 bits per heavy atom. The number of aliphatic hydroxyl groups excluding tert-OH is 1. The number of hydrogen-bond acceptors (Lipinski definition) is 5. The lowest BCUT2D eigenvalue weighted by Gasteiger charge is -2.17. The second kappa shape index (κ2) is 7.66. The summed E-state index contributed by atoms with van der Waals surface area (Å²) < 4.78 is 10.3. The summed E-state index contributed by atoms with van der Waals surface area (Å²) in [5, 5.41) is 19.1. The van der Waals surface area contributed by atoms with Crippen LogP contribution < -0.4 is 0 Å². The van der Waals surface area contributed by atoms with Crippen LogP contribution in [0.5, 0.6) is 0 Å². The van der Waals surface area contributed by atoms with Gasteiger partial charge in [-0.1, -0.05) is 0 Å². The van der Waals surface area contributed by atoms with Gasteiger partial charge < -0.3 is 14.6 Å². The third kappa shape index (κ3) is 5.11. The first-order valence-corrected chi connectivity index (χ1v) is 4.63. The lowest BCUT2D eigenvalue weighted by Crippen LogP contribution is -2.31. The number of nitrogens with zero attached hydrogens (tertiary/aromatic N) is 1. The van der Waals surface area contributed by atoms with E-state index in [9.17, 15) is 10.1 Å². The average Bonchev–Trinajstić information content (AvgIpc) is 2.14. The van der Waals surface area contributed by atoms with Crippen molar-refractivity contribution in [3.63, 3.8) is 0 Å². The van der Waals surface area contributed by atoms with Gasteiger partial charge in [0.05, 0.1) is 6.42 Å². The summed E-state index contributed by atoms with van der Waals surface area (Å²) in [6, 6.07) is -1.02. The zero-order valence-corrected chi connectivity index (χ0v) is 8.51. The molecule has 84 valence electrons. The van der Waals surface area contributed by atoms with Gasteiger partial charge in [-0.05, 0) is 13.8 Å². The molecule has 1 N–H and O–H groups in total. The molecule has 0 spiro atoms. The fourth-order valence-electron chi connectivity index (χ4n) is 1.01. The van der Waals surface area contributed by atoms with Crippen LogP contribution in [0.1, 0.15) is 20.3 Å². The average molecular weight is 207 g/mol. The van der Waals surface area contributed by atoms with E-state index in [1.807, 2.05) is 0 Å². The van der Waals surface area contributed by atoms with Crippen LogP contribution in [0.15, 0.2) is 0 Å². The molecule has 0 saturated carbocycles. The molecule has 6 heteroatoms. The molecule has 0 radical (unpaired) electrons. The molecule has 1 unspecified atom stereocenters. The minimum atomic E-state index is -1.02. The van der Waals surface area contributed by atoms with Gasteiger partial charge in [0.25, 0.3) is 0 Å². The molecule has 1 atom stereocenters. The molecule has 0 saturated heterocycles. The standard InChI is InChI=1S/C8H17NO5/c1-3-13-8(14-4-2)5-7(6-10)9(11)12/h7-8,10H,3-6H2,1-2H3. The molecule has 0 bridgehead atoms. The van der Waals surface area contributed by atoms with E-state index in [2.05, 4.69) is 0 Å². The van der Waals surface area contributed by atoms with Crippen molar-refractivity contribution < 1.29 is 19.5 Å². The second-order valence-corrected chi connectivity index (χ2v) is 2.70. The summed E-state index contributed by atoms with van der Waals surface area (Å²) in [4.78, 5) is 9.89. The van der Waals surface area contributed by atoms with E-state index in [1.165, 1.54) is 0 Å². The molecule has 0 aromatic heterocycles. The van der Waals surface area contributed by atoms with E-state index in [0.717, 1.165) is 0 Å². The first-order chi connectivity index (χ1) is 6.65. The van der Waals surface area contributed by atoms with Crippen LogP contribution in [0.25, 0.3) is 0 Å². The topological polar surface area (TPSA) is 81.8 Å². The Morgan fingerprint density at radius 3 is 2.14 bits per heavy atom. The van der Waals surface area contributed by atoms with Crippen LogP contribution in [-0.2, 0) is 9.47 Å². The fraction of sp³-hybridized carbons (Fsp3) is 1.00. The van der Waals surface area contributed by atoms with Crippen LogP contribution in [0, 0.1) is 10.1 Å². The van der Waals surface area contributed by atoms with E-state index in [4.69, 9.17) is 14.6 Å². The molecule has 0 aliphatic rings. The molecule has 0 fully saturated rings. The molecule has 0 amide bonds. The highest BCUT2D eigenvalue weighted by molar-refractivity contribution is 4.57. The smallest absolute Gasteiger partial charge is 0.240 e. The predicted molar refractivity (Wildman–Crippen MR) is 49.5 cm³/mol. The maximum atomic E-state index is 10.4. The molecular weight excluding hydrogens is 190 g/mol. The van der Waals surface area contributed by atoms with Crippen molar-refractivity contribution in [2.24, 2.45) is 0 Å². The van der Waals surface area contributed by atoms with Crippen LogP contribution in [-0.4, -0.2) is 42.2 Å². The van der Waals surface area contributed by atoms with Gasteiger partial charge in [0.15, 0.2) is 6.29 Å². The van der Waals surface area contributed by atoms with Crippen molar-refractivity contribution in [3.8, 4) is 0 Å². The van der Waals surface area contributed by atoms with Crippen molar-refractivity contribution in [2.75, 3.05) is 19.8 Å². The zero-order chi connectivity index (χ0) is 11.0. The largest absolute Gasteiger partial charge is 0.389 e. The van der Waals surface area contributed by atoms with Crippen molar-refractivity contribution in [2.45, 2.75) is 32.6 Å². The highest BCUT2D eigenvalue weighted by Gasteiger charge is 2.24. The molecule has 0 aliphatic carbocycles. The third-order valence-electron chi connectivity index (χ3n) is 1.68. The predicted octanol–water partition coefficient (Wildman–Crippen LogP) is 0.413. The summed E-state index contributed by atoms with van der Waals surface area (Å²) in [7, 11) is 0. The number of nitro groups is 1. The maximum absolute atomic E-state index is 10.4. The zero-order valence-electron chi connectivity index (χ0n) is 8.51. The Labute approximate surface area is 83.0 Å². The molecule has 0 rings (SSSR count). The molecule has 0 aromatic carbocycles. The maximum Gasteiger partial charge on any atom is 0.240 e. The highest BCUT2D eigenvalue weighted by Crippen LogP contribution is 2.07. The van der Waals surface area contributed by atoms with Crippen LogP contribution in [0.4, 0.5) is 0 Å².